The first kappa shape index (κ1) is 11.1. The van der Waals surface area contributed by atoms with E-state index in [0.717, 1.165) is 34.3 Å². The maximum atomic E-state index is 4.37. The van der Waals surface area contributed by atoms with Crippen LogP contribution in [0.25, 0.3) is 0 Å². The molecule has 2 rings (SSSR count). The van der Waals surface area contributed by atoms with Gasteiger partial charge in [0.05, 0.1) is 3.57 Å². The number of hydrogen-bond acceptors (Lipinski definition) is 3. The van der Waals surface area contributed by atoms with Gasteiger partial charge in [-0.2, -0.15) is 0 Å². The largest absolute Gasteiger partial charge is 0.355 e. The van der Waals surface area contributed by atoms with Crippen LogP contribution >= 0.6 is 22.6 Å². The highest BCUT2D eigenvalue weighted by Gasteiger charge is 2.24. The van der Waals surface area contributed by atoms with Gasteiger partial charge in [0.1, 0.15) is 12.1 Å². The molecule has 0 amide bonds. The van der Waals surface area contributed by atoms with E-state index in [1.54, 1.807) is 6.33 Å². The minimum Gasteiger partial charge on any atom is -0.355 e. The van der Waals surface area contributed by atoms with Crippen molar-refractivity contribution in [2.45, 2.75) is 20.3 Å². The topological polar surface area (TPSA) is 29.0 Å². The number of rotatable bonds is 1. The molecule has 1 aliphatic heterocycles. The fraction of sp³-hybridized carbons (Fsp3) is 0.636. The lowest BCUT2D eigenvalue weighted by molar-refractivity contribution is 0.322. The lowest BCUT2D eigenvalue weighted by atomic mass is 9.89. The van der Waals surface area contributed by atoms with Crippen LogP contribution in [0.2, 0.25) is 0 Å². The summed E-state index contributed by atoms with van der Waals surface area (Å²) in [4.78, 5) is 10.8. The molecule has 0 aromatic carbocycles. The molecule has 15 heavy (non-hydrogen) atoms. The van der Waals surface area contributed by atoms with Crippen molar-refractivity contribution in [1.82, 2.24) is 9.97 Å². The highest BCUT2D eigenvalue weighted by Crippen LogP contribution is 2.27. The predicted octanol–water partition coefficient (Wildman–Crippen LogP) is 2.56. The van der Waals surface area contributed by atoms with E-state index >= 15 is 0 Å². The lowest BCUT2D eigenvalue weighted by Crippen LogP contribution is -2.39. The molecule has 4 heteroatoms. The van der Waals surface area contributed by atoms with Gasteiger partial charge in [-0.25, -0.2) is 9.97 Å². The van der Waals surface area contributed by atoms with Gasteiger partial charge in [0.25, 0.3) is 0 Å². The summed E-state index contributed by atoms with van der Waals surface area (Å²) in [5.41, 5.74) is 0. The molecule has 3 nitrogen and oxygen atoms in total. The molecule has 1 aromatic heterocycles. The highest BCUT2D eigenvalue weighted by atomic mass is 127. The number of hydrogen-bond donors (Lipinski definition) is 0. The van der Waals surface area contributed by atoms with Gasteiger partial charge in [-0.15, -0.1) is 0 Å². The summed E-state index contributed by atoms with van der Waals surface area (Å²) in [6.07, 6.45) is 4.78. The molecule has 2 unspecified atom stereocenters. The average Bonchev–Trinajstić information content (AvgIpc) is 2.23. The van der Waals surface area contributed by atoms with Crippen LogP contribution in [0.4, 0.5) is 5.82 Å². The Morgan fingerprint density at radius 1 is 1.40 bits per heavy atom. The third-order valence-electron chi connectivity index (χ3n) is 3.28. The predicted molar refractivity (Wildman–Crippen MR) is 69.9 cm³/mol. The molecule has 2 atom stereocenters. The van der Waals surface area contributed by atoms with Gasteiger partial charge in [-0.1, -0.05) is 13.8 Å². The molecule has 0 radical (unpaired) electrons. The maximum Gasteiger partial charge on any atom is 0.145 e. The molecule has 0 spiro atoms. The second-order valence-electron chi connectivity index (χ2n) is 4.38. The van der Waals surface area contributed by atoms with E-state index in [1.807, 2.05) is 6.20 Å². The second-order valence-corrected chi connectivity index (χ2v) is 5.55. The first-order valence-electron chi connectivity index (χ1n) is 5.39. The van der Waals surface area contributed by atoms with Crippen LogP contribution in [0.5, 0.6) is 0 Å². The average molecular weight is 317 g/mol. The Hall–Kier alpha value is -0.390. The number of piperidine rings is 1. The molecular weight excluding hydrogens is 301 g/mol. The smallest absolute Gasteiger partial charge is 0.145 e. The summed E-state index contributed by atoms with van der Waals surface area (Å²) >= 11 is 2.31. The van der Waals surface area contributed by atoms with Gasteiger partial charge in [0.2, 0.25) is 0 Å². The van der Waals surface area contributed by atoms with Gasteiger partial charge in [0.15, 0.2) is 0 Å². The number of aromatic nitrogens is 2. The molecular formula is C11H16IN3. The number of anilines is 1. The van der Waals surface area contributed by atoms with Crippen LogP contribution in [0, 0.1) is 15.4 Å². The van der Waals surface area contributed by atoms with Crippen molar-refractivity contribution in [3.05, 3.63) is 16.1 Å². The third kappa shape index (κ3) is 2.41. The van der Waals surface area contributed by atoms with Crippen LogP contribution in [0.1, 0.15) is 20.3 Å². The van der Waals surface area contributed by atoms with E-state index in [2.05, 4.69) is 51.3 Å². The van der Waals surface area contributed by atoms with Crippen LogP contribution in [-0.2, 0) is 0 Å². The Labute approximate surface area is 104 Å². The van der Waals surface area contributed by atoms with E-state index in [4.69, 9.17) is 0 Å². The molecule has 1 fully saturated rings. The lowest BCUT2D eigenvalue weighted by Gasteiger charge is -2.36. The van der Waals surface area contributed by atoms with Gasteiger partial charge in [0, 0.05) is 19.3 Å². The Kier molecular flexibility index (Phi) is 3.43. The molecule has 0 saturated carbocycles. The Morgan fingerprint density at radius 2 is 2.20 bits per heavy atom. The van der Waals surface area contributed by atoms with Crippen LogP contribution in [-0.4, -0.2) is 23.1 Å². The summed E-state index contributed by atoms with van der Waals surface area (Å²) in [6.45, 7) is 6.91. The molecule has 82 valence electrons. The van der Waals surface area contributed by atoms with Crippen molar-refractivity contribution in [1.29, 1.82) is 0 Å². The quantitative estimate of drug-likeness (QED) is 0.746. The summed E-state index contributed by atoms with van der Waals surface area (Å²) in [5.74, 6) is 2.69. The normalized spacial score (nSPS) is 26.7. The molecule has 1 saturated heterocycles. The second kappa shape index (κ2) is 4.63. The Balaban J connectivity index is 2.15. The first-order valence-corrected chi connectivity index (χ1v) is 6.47. The van der Waals surface area contributed by atoms with Crippen molar-refractivity contribution in [2.24, 2.45) is 11.8 Å². The van der Waals surface area contributed by atoms with Crippen molar-refractivity contribution in [3.63, 3.8) is 0 Å². The molecule has 2 heterocycles. The molecule has 0 aliphatic carbocycles. The monoisotopic (exact) mass is 317 g/mol. The number of halogens is 1. The molecule has 1 aliphatic rings. The summed E-state index contributed by atoms with van der Waals surface area (Å²) in [6, 6.07) is 0. The van der Waals surface area contributed by atoms with Crippen molar-refractivity contribution in [3.8, 4) is 0 Å². The van der Waals surface area contributed by atoms with Gasteiger partial charge < -0.3 is 4.90 Å². The van der Waals surface area contributed by atoms with E-state index in [0.29, 0.717) is 0 Å². The molecule has 0 N–H and O–H groups in total. The van der Waals surface area contributed by atoms with E-state index < -0.39 is 0 Å². The molecule has 1 aromatic rings. The zero-order chi connectivity index (χ0) is 10.8. The van der Waals surface area contributed by atoms with E-state index in [-0.39, 0.29) is 0 Å². The standard InChI is InChI=1S/C11H16IN3/c1-8-3-4-15(6-9(8)2)11-10(12)5-13-7-14-11/h5,7-9H,3-4,6H2,1-2H3. The highest BCUT2D eigenvalue weighted by molar-refractivity contribution is 14.1. The van der Waals surface area contributed by atoms with Gasteiger partial charge in [-0.05, 0) is 40.8 Å². The number of nitrogens with zero attached hydrogens (tertiary/aromatic N) is 3. The summed E-state index contributed by atoms with van der Waals surface area (Å²) < 4.78 is 1.15. The fourth-order valence-electron chi connectivity index (χ4n) is 1.99. The SMILES string of the molecule is CC1CCN(c2ncncc2I)CC1C. The Bertz CT molecular complexity index is 342. The van der Waals surface area contributed by atoms with Gasteiger partial charge in [-0.3, -0.25) is 0 Å². The zero-order valence-corrected chi connectivity index (χ0v) is 11.3. The van der Waals surface area contributed by atoms with Crippen molar-refractivity contribution in [2.75, 3.05) is 18.0 Å². The zero-order valence-electron chi connectivity index (χ0n) is 9.15. The first-order chi connectivity index (χ1) is 7.18. The van der Waals surface area contributed by atoms with Crippen LogP contribution in [0.15, 0.2) is 12.5 Å². The maximum absolute atomic E-state index is 4.37. The Morgan fingerprint density at radius 3 is 2.87 bits per heavy atom. The summed E-state index contributed by atoms with van der Waals surface area (Å²) in [7, 11) is 0. The van der Waals surface area contributed by atoms with Crippen molar-refractivity contribution >= 4 is 28.4 Å². The van der Waals surface area contributed by atoms with Crippen molar-refractivity contribution < 1.29 is 0 Å². The minimum atomic E-state index is 0.754. The van der Waals surface area contributed by atoms with Gasteiger partial charge >= 0.3 is 0 Å². The van der Waals surface area contributed by atoms with E-state index in [9.17, 15) is 0 Å². The van der Waals surface area contributed by atoms with Crippen LogP contribution < -0.4 is 4.90 Å². The minimum absolute atomic E-state index is 0.754. The molecule has 0 bridgehead atoms. The van der Waals surface area contributed by atoms with E-state index in [1.165, 1.54) is 6.42 Å². The van der Waals surface area contributed by atoms with Crippen LogP contribution in [0.3, 0.4) is 0 Å². The summed E-state index contributed by atoms with van der Waals surface area (Å²) in [5, 5.41) is 0. The fourth-order valence-corrected chi connectivity index (χ4v) is 2.64. The third-order valence-corrected chi connectivity index (χ3v) is 4.04.